The number of aryl methyl sites for hydroxylation is 1. The van der Waals surface area contributed by atoms with Crippen LogP contribution in [-0.4, -0.2) is 35.3 Å². The van der Waals surface area contributed by atoms with Gasteiger partial charge in [-0.05, 0) is 6.92 Å². The fourth-order valence-corrected chi connectivity index (χ4v) is 1.35. The van der Waals surface area contributed by atoms with E-state index in [9.17, 15) is 13.6 Å². The van der Waals surface area contributed by atoms with Crippen LogP contribution in [0.1, 0.15) is 23.0 Å². The molecule has 1 heterocycles. The normalized spacial score (nSPS) is 10.9. The van der Waals surface area contributed by atoms with E-state index in [-0.39, 0.29) is 13.2 Å². The summed E-state index contributed by atoms with van der Waals surface area (Å²) in [6, 6.07) is 0. The first-order valence-electron chi connectivity index (χ1n) is 5.23. The minimum Gasteiger partial charge on any atom is -0.462 e. The number of carbonyl (C=O) groups is 1. The van der Waals surface area contributed by atoms with Crippen LogP contribution < -0.4 is 5.32 Å². The third-order valence-corrected chi connectivity index (χ3v) is 2.15. The quantitative estimate of drug-likeness (QED) is 0.760. The zero-order chi connectivity index (χ0) is 12.8. The third kappa shape index (κ3) is 3.77. The molecule has 0 aromatic carbocycles. The first kappa shape index (κ1) is 13.6. The van der Waals surface area contributed by atoms with Crippen molar-refractivity contribution >= 4 is 5.97 Å². The predicted molar refractivity (Wildman–Crippen MR) is 56.9 cm³/mol. The van der Waals surface area contributed by atoms with Crippen molar-refractivity contribution in [3.8, 4) is 0 Å². The average molecular weight is 247 g/mol. The van der Waals surface area contributed by atoms with Gasteiger partial charge in [0.05, 0.1) is 25.0 Å². The second-order valence-electron chi connectivity index (χ2n) is 3.37. The van der Waals surface area contributed by atoms with Crippen LogP contribution in [0.5, 0.6) is 0 Å². The summed E-state index contributed by atoms with van der Waals surface area (Å²) >= 11 is 0. The molecular weight excluding hydrogens is 232 g/mol. The summed E-state index contributed by atoms with van der Waals surface area (Å²) in [7, 11) is 1.64. The molecule has 0 unspecified atom stereocenters. The molecule has 1 rings (SSSR count). The van der Waals surface area contributed by atoms with Gasteiger partial charge in [0.2, 0.25) is 0 Å². The molecule has 0 bridgehead atoms. The van der Waals surface area contributed by atoms with E-state index in [2.05, 4.69) is 10.4 Å². The Labute approximate surface area is 97.7 Å². The fraction of sp³-hybridized carbons (Fsp3) is 0.600. The van der Waals surface area contributed by atoms with Gasteiger partial charge in [-0.1, -0.05) is 0 Å². The van der Waals surface area contributed by atoms with Crippen molar-refractivity contribution in [3.05, 3.63) is 17.5 Å². The second kappa shape index (κ2) is 6.29. The Morgan fingerprint density at radius 2 is 2.35 bits per heavy atom. The molecular formula is C10H15F2N3O2. The monoisotopic (exact) mass is 247 g/mol. The van der Waals surface area contributed by atoms with E-state index in [4.69, 9.17) is 4.74 Å². The van der Waals surface area contributed by atoms with Gasteiger partial charge in [-0.15, -0.1) is 0 Å². The Bertz CT molecular complexity index is 380. The van der Waals surface area contributed by atoms with Gasteiger partial charge in [0, 0.05) is 13.6 Å². The number of nitrogens with one attached hydrogen (secondary N) is 1. The molecule has 1 aromatic heterocycles. The van der Waals surface area contributed by atoms with Crippen LogP contribution in [0.3, 0.4) is 0 Å². The first-order valence-corrected chi connectivity index (χ1v) is 5.23. The van der Waals surface area contributed by atoms with Gasteiger partial charge in [0.25, 0.3) is 6.43 Å². The van der Waals surface area contributed by atoms with Gasteiger partial charge in [-0.2, -0.15) is 5.10 Å². The minimum absolute atomic E-state index is 0.148. The van der Waals surface area contributed by atoms with E-state index >= 15 is 0 Å². The lowest BCUT2D eigenvalue weighted by molar-refractivity contribution is 0.0524. The van der Waals surface area contributed by atoms with Gasteiger partial charge in [-0.25, -0.2) is 13.6 Å². The Morgan fingerprint density at radius 3 is 2.94 bits per heavy atom. The number of esters is 1. The zero-order valence-corrected chi connectivity index (χ0v) is 9.74. The summed E-state index contributed by atoms with van der Waals surface area (Å²) in [5.41, 5.74) is 0.834. The van der Waals surface area contributed by atoms with Crippen molar-refractivity contribution in [1.29, 1.82) is 0 Å². The molecule has 96 valence electrons. The van der Waals surface area contributed by atoms with Crippen LogP contribution in [0.2, 0.25) is 0 Å². The van der Waals surface area contributed by atoms with Gasteiger partial charge in [0.15, 0.2) is 0 Å². The van der Waals surface area contributed by atoms with Crippen molar-refractivity contribution in [2.45, 2.75) is 19.9 Å². The van der Waals surface area contributed by atoms with Crippen LogP contribution >= 0.6 is 0 Å². The molecule has 0 saturated heterocycles. The molecule has 0 aliphatic heterocycles. The number of rotatable bonds is 6. The number of alkyl halides is 2. The summed E-state index contributed by atoms with van der Waals surface area (Å²) in [6.07, 6.45) is -1.05. The molecule has 0 aliphatic rings. The molecule has 17 heavy (non-hydrogen) atoms. The maximum atomic E-state index is 12.0. The number of aromatic nitrogens is 2. The maximum absolute atomic E-state index is 12.0. The summed E-state index contributed by atoms with van der Waals surface area (Å²) in [6.45, 7) is 1.68. The van der Waals surface area contributed by atoms with E-state index in [1.54, 1.807) is 14.0 Å². The number of hydrogen-bond acceptors (Lipinski definition) is 4. The summed E-state index contributed by atoms with van der Waals surface area (Å²) in [4.78, 5) is 11.5. The summed E-state index contributed by atoms with van der Waals surface area (Å²) in [5.74, 6) is -0.491. The average Bonchev–Trinajstić information content (AvgIpc) is 2.60. The van der Waals surface area contributed by atoms with E-state index in [0.717, 1.165) is 0 Å². The largest absolute Gasteiger partial charge is 0.462 e. The first-order chi connectivity index (χ1) is 8.06. The molecule has 5 nitrogen and oxygen atoms in total. The smallest absolute Gasteiger partial charge is 0.341 e. The molecule has 1 N–H and O–H groups in total. The number of hydrogen-bond donors (Lipinski definition) is 1. The highest BCUT2D eigenvalue weighted by Crippen LogP contribution is 2.09. The lowest BCUT2D eigenvalue weighted by Gasteiger charge is -2.07. The van der Waals surface area contributed by atoms with Gasteiger partial charge >= 0.3 is 5.97 Å². The Kier molecular flexibility index (Phi) is 5.02. The summed E-state index contributed by atoms with van der Waals surface area (Å²) in [5, 5.41) is 6.45. The molecule has 0 aliphatic carbocycles. The molecule has 0 radical (unpaired) electrons. The molecule has 0 spiro atoms. The zero-order valence-electron chi connectivity index (χ0n) is 9.74. The highest BCUT2D eigenvalue weighted by atomic mass is 19.3. The number of carbonyl (C=O) groups excluding carboxylic acids is 1. The van der Waals surface area contributed by atoms with Crippen LogP contribution in [0.15, 0.2) is 6.20 Å². The number of halogens is 2. The SMILES string of the molecule is CCOC(=O)c1cnn(C)c1CNCC(F)F. The highest BCUT2D eigenvalue weighted by molar-refractivity contribution is 5.90. The lowest BCUT2D eigenvalue weighted by atomic mass is 10.2. The molecule has 7 heteroatoms. The Morgan fingerprint density at radius 1 is 1.65 bits per heavy atom. The molecule has 1 aromatic rings. The van der Waals surface area contributed by atoms with Crippen LogP contribution in [-0.2, 0) is 18.3 Å². The number of nitrogens with zero attached hydrogens (tertiary/aromatic N) is 2. The van der Waals surface area contributed by atoms with Crippen molar-refractivity contribution in [1.82, 2.24) is 15.1 Å². The van der Waals surface area contributed by atoms with E-state index < -0.39 is 18.9 Å². The van der Waals surface area contributed by atoms with E-state index in [1.807, 2.05) is 0 Å². The van der Waals surface area contributed by atoms with Gasteiger partial charge < -0.3 is 10.1 Å². The fourth-order valence-electron chi connectivity index (χ4n) is 1.35. The molecule has 0 fully saturated rings. The Hall–Kier alpha value is -1.50. The van der Waals surface area contributed by atoms with Crippen molar-refractivity contribution in [2.75, 3.05) is 13.2 Å². The third-order valence-electron chi connectivity index (χ3n) is 2.15. The van der Waals surface area contributed by atoms with Crippen LogP contribution in [0.25, 0.3) is 0 Å². The molecule has 0 amide bonds. The van der Waals surface area contributed by atoms with Crippen molar-refractivity contribution < 1.29 is 18.3 Å². The minimum atomic E-state index is -2.42. The van der Waals surface area contributed by atoms with Gasteiger partial charge in [0.1, 0.15) is 5.56 Å². The highest BCUT2D eigenvalue weighted by Gasteiger charge is 2.17. The summed E-state index contributed by atoms with van der Waals surface area (Å²) < 4.78 is 30.2. The maximum Gasteiger partial charge on any atom is 0.341 e. The second-order valence-corrected chi connectivity index (χ2v) is 3.37. The van der Waals surface area contributed by atoms with E-state index in [1.165, 1.54) is 10.9 Å². The van der Waals surface area contributed by atoms with Crippen LogP contribution in [0, 0.1) is 0 Å². The van der Waals surface area contributed by atoms with E-state index in [0.29, 0.717) is 11.3 Å². The predicted octanol–water partition coefficient (Wildman–Crippen LogP) is 0.952. The topological polar surface area (TPSA) is 56.1 Å². The molecule has 0 atom stereocenters. The Balaban J connectivity index is 2.69. The number of ether oxygens (including phenoxy) is 1. The lowest BCUT2D eigenvalue weighted by Crippen LogP contribution is -2.23. The standard InChI is InChI=1S/C10H15F2N3O2/c1-3-17-10(16)7-4-14-15(2)8(7)5-13-6-9(11)12/h4,9,13H,3,5-6H2,1-2H3. The van der Waals surface area contributed by atoms with Crippen molar-refractivity contribution in [3.63, 3.8) is 0 Å². The molecule has 0 saturated carbocycles. The van der Waals surface area contributed by atoms with Crippen molar-refractivity contribution in [2.24, 2.45) is 7.05 Å². The van der Waals surface area contributed by atoms with Crippen LogP contribution in [0.4, 0.5) is 8.78 Å². The van der Waals surface area contributed by atoms with Gasteiger partial charge in [-0.3, -0.25) is 4.68 Å².